The molecule has 0 aromatic rings. The van der Waals surface area contributed by atoms with Crippen LogP contribution in [0.2, 0.25) is 0 Å². The van der Waals surface area contributed by atoms with Gasteiger partial charge in [-0.05, 0) is 71.6 Å². The van der Waals surface area contributed by atoms with Crippen LogP contribution in [0.1, 0.15) is 88.5 Å². The summed E-state index contributed by atoms with van der Waals surface area (Å²) in [6.07, 6.45) is -4.06. The summed E-state index contributed by atoms with van der Waals surface area (Å²) in [5.74, 6) is -0.728. The predicted molar refractivity (Wildman–Crippen MR) is 268 cm³/mol. The van der Waals surface area contributed by atoms with E-state index >= 15 is 0 Å². The number of allylic oxidation sites excluding steroid dienone is 3. The molecule has 0 aromatic carbocycles. The molecule has 0 amide bonds. The molecule has 18 unspecified atom stereocenters. The molecule has 3 aliphatic carbocycles. The average Bonchev–Trinajstić information content (AvgIpc) is 3.91. The van der Waals surface area contributed by atoms with Crippen molar-refractivity contribution in [1.82, 2.24) is 0 Å². The molecule has 33 heteroatoms. The van der Waals surface area contributed by atoms with Crippen LogP contribution < -0.4 is 14.7 Å². The molecular formula is C44H77O27P6-3. The quantitative estimate of drug-likeness (QED) is 0.0713. The summed E-state index contributed by atoms with van der Waals surface area (Å²) in [7, 11) is -28.0. The maximum atomic E-state index is 13.0. The highest BCUT2D eigenvalue weighted by Crippen LogP contribution is 2.56. The normalized spacial score (nSPS) is 40.2. The second kappa shape index (κ2) is 28.1. The van der Waals surface area contributed by atoms with Crippen molar-refractivity contribution in [2.45, 2.75) is 186 Å². The third kappa shape index (κ3) is 21.1. The lowest BCUT2D eigenvalue weighted by atomic mass is 9.87. The first-order valence-corrected chi connectivity index (χ1v) is 34.9. The number of aliphatic hydroxyl groups excluding tert-OH is 1. The van der Waals surface area contributed by atoms with Crippen LogP contribution in [-0.4, -0.2) is 150 Å². The molecule has 0 spiro atoms. The topological polar surface area (TPSA) is 382 Å². The van der Waals surface area contributed by atoms with Crippen LogP contribution in [0.4, 0.5) is 0 Å². The monoisotopic (exact) mass is 1220 g/mol. The number of phosphoric ester groups is 4. The molecule has 6 rings (SSSR count). The van der Waals surface area contributed by atoms with Gasteiger partial charge in [-0.25, -0.2) is 9.13 Å². The van der Waals surface area contributed by atoms with E-state index < -0.39 is 144 Å². The second-order valence-electron chi connectivity index (χ2n) is 20.8. The van der Waals surface area contributed by atoms with Crippen molar-refractivity contribution in [2.24, 2.45) is 23.7 Å². The van der Waals surface area contributed by atoms with Crippen LogP contribution >= 0.6 is 46.5 Å². The molecule has 0 saturated carbocycles. The minimum atomic E-state index is -5.10. The van der Waals surface area contributed by atoms with Gasteiger partial charge < -0.3 is 80.6 Å². The Kier molecular flexibility index (Phi) is 24.6. The van der Waals surface area contributed by atoms with Gasteiger partial charge in [0.1, 0.15) is 56.4 Å². The standard InChI is InChI=1S/C23H39O12P3.C21H41O15P3/c1-15-5-8-18(14-24)21(11-15)34-37(27,28)33-20-10-7-17(3)13-23(20)35-38(29,30)32-19-9-6-16(2)12-22(19)31-36(4,25)26;1-11(2)31-16-8-28-13(5)19(16)35-38(24,25)33-18-10-30-15(7)21(18)36-39(26,27)32-17-9-29-14(6)20(17)34-37(22,23)12(3)4/h5-10,15-24H,11-14H2,1-4H3,(H,25,26)(H,27,28)(H,29,30);11-21H,8-10H2,1-7H3,(H,22,23)(H,24,25)(H,26,27)/p-3/t;13?,14?,15?,16-,17-,18-,19+,20+,21+/m.0/s1. The van der Waals surface area contributed by atoms with Crippen LogP contribution in [0, 0.1) is 23.7 Å². The lowest BCUT2D eigenvalue weighted by Crippen LogP contribution is -2.39. The Balaban J connectivity index is 0.000000284. The zero-order valence-corrected chi connectivity index (χ0v) is 50.2. The molecule has 0 bridgehead atoms. The van der Waals surface area contributed by atoms with Crippen molar-refractivity contribution in [3.63, 3.8) is 0 Å². The zero-order chi connectivity index (χ0) is 57.6. The Hall–Kier alpha value is -0.240. The van der Waals surface area contributed by atoms with E-state index in [1.807, 2.05) is 33.8 Å². The van der Waals surface area contributed by atoms with Crippen molar-refractivity contribution in [2.75, 3.05) is 33.1 Å². The number of hydrogen-bond donors (Lipinski definition) is 4. The maximum absolute atomic E-state index is 13.0. The summed E-state index contributed by atoms with van der Waals surface area (Å²) in [6, 6.07) is 0. The first-order valence-electron chi connectivity index (χ1n) is 25.3. The van der Waals surface area contributed by atoms with Crippen LogP contribution in [0.3, 0.4) is 0 Å². The first kappa shape index (κ1) is 67.5. The van der Waals surface area contributed by atoms with Crippen LogP contribution in [0.5, 0.6) is 0 Å². The molecule has 0 aromatic heterocycles. The van der Waals surface area contributed by atoms with E-state index in [9.17, 15) is 61.9 Å². The Labute approximate surface area is 450 Å². The van der Waals surface area contributed by atoms with Crippen molar-refractivity contribution in [3.8, 4) is 0 Å². The van der Waals surface area contributed by atoms with Crippen LogP contribution in [-0.2, 0) is 91.6 Å². The van der Waals surface area contributed by atoms with E-state index in [1.54, 1.807) is 39.0 Å². The van der Waals surface area contributed by atoms with Gasteiger partial charge in [-0.15, -0.1) is 0 Å². The van der Waals surface area contributed by atoms with Gasteiger partial charge in [0.25, 0.3) is 15.6 Å². The molecule has 448 valence electrons. The molecule has 6 aliphatic rings. The molecule has 3 fully saturated rings. The smallest absolute Gasteiger partial charge is 0.473 e. The number of hydrogen-bond acceptors (Lipinski definition) is 24. The predicted octanol–water partition coefficient (Wildman–Crippen LogP) is 5.19. The number of rotatable bonds is 24. The van der Waals surface area contributed by atoms with Gasteiger partial charge >= 0.3 is 23.2 Å². The van der Waals surface area contributed by atoms with E-state index in [-0.39, 0.29) is 63.1 Å². The summed E-state index contributed by atoms with van der Waals surface area (Å²) >= 11 is 0. The van der Waals surface area contributed by atoms with E-state index in [0.29, 0.717) is 6.42 Å². The lowest BCUT2D eigenvalue weighted by molar-refractivity contribution is -0.249. The van der Waals surface area contributed by atoms with Crippen LogP contribution in [0.25, 0.3) is 0 Å². The van der Waals surface area contributed by atoms with Gasteiger partial charge in [-0.1, -0.05) is 71.1 Å². The van der Waals surface area contributed by atoms with E-state index in [1.165, 1.54) is 32.9 Å². The van der Waals surface area contributed by atoms with E-state index in [0.717, 1.165) is 6.66 Å². The Morgan fingerprint density at radius 2 is 0.870 bits per heavy atom. The van der Waals surface area contributed by atoms with E-state index in [4.69, 9.17) is 64.2 Å². The molecule has 0 radical (unpaired) electrons. The fourth-order valence-corrected chi connectivity index (χ4v) is 15.2. The number of aliphatic hydroxyl groups is 1. The second-order valence-corrected chi connectivity index (χ2v) is 30.3. The summed E-state index contributed by atoms with van der Waals surface area (Å²) in [5, 5.41) is 9.57. The van der Waals surface area contributed by atoms with Gasteiger partial charge in [0.05, 0.1) is 74.8 Å². The number of phosphoric acid groups is 4. The van der Waals surface area contributed by atoms with Gasteiger partial charge in [0.15, 0.2) is 0 Å². The lowest BCUT2D eigenvalue weighted by Gasteiger charge is -2.41. The summed E-state index contributed by atoms with van der Waals surface area (Å²) in [5.41, 5.74) is -0.722. The first-order chi connectivity index (χ1) is 35.5. The Bertz CT molecular complexity index is 2310. The zero-order valence-electron chi connectivity index (χ0n) is 44.8. The van der Waals surface area contributed by atoms with Crippen molar-refractivity contribution >= 4 is 46.5 Å². The largest absolute Gasteiger partial charge is 0.779 e. The van der Waals surface area contributed by atoms with Gasteiger partial charge in [-0.2, -0.15) is 0 Å². The van der Waals surface area contributed by atoms with Gasteiger partial charge in [0, 0.05) is 12.6 Å². The molecule has 3 saturated heterocycles. The van der Waals surface area contributed by atoms with Gasteiger partial charge in [-0.3, -0.25) is 36.3 Å². The Morgan fingerprint density at radius 1 is 0.494 bits per heavy atom. The third-order valence-corrected chi connectivity index (χ3v) is 19.7. The highest BCUT2D eigenvalue weighted by Gasteiger charge is 2.51. The average molecular weight is 1220 g/mol. The number of ether oxygens (including phenoxy) is 4. The molecule has 24 atom stereocenters. The van der Waals surface area contributed by atoms with Gasteiger partial charge in [0.2, 0.25) is 0 Å². The molecule has 27 nitrogen and oxygen atoms in total. The molecule has 3 heterocycles. The third-order valence-electron chi connectivity index (χ3n) is 13.0. The fourth-order valence-electron chi connectivity index (χ4n) is 9.04. The van der Waals surface area contributed by atoms with E-state index in [2.05, 4.69) is 0 Å². The molecule has 3 aliphatic heterocycles. The minimum absolute atomic E-state index is 0.0330. The minimum Gasteiger partial charge on any atom is -0.779 e. The van der Waals surface area contributed by atoms with Crippen LogP contribution in [0.15, 0.2) is 36.5 Å². The fraction of sp³-hybridized carbons (Fsp3) is 0.864. The van der Waals surface area contributed by atoms with Crippen molar-refractivity contribution in [3.05, 3.63) is 36.5 Å². The molecule has 4 N–H and O–H groups in total. The summed E-state index contributed by atoms with van der Waals surface area (Å²) < 4.78 is 150. The highest BCUT2D eigenvalue weighted by atomic mass is 31.2. The summed E-state index contributed by atoms with van der Waals surface area (Å²) in [4.78, 5) is 68.5. The Morgan fingerprint density at radius 3 is 1.29 bits per heavy atom. The summed E-state index contributed by atoms with van der Waals surface area (Å²) in [6.45, 7) is 17.2. The SMILES string of the molecule is CC(C)O[C@H]1COC(C)[C@H]1OP(=O)(O)O[C@H]1COC(C)[C@H]1OP(=O)(O)O[C@H]1COC(C)[C@H]1OP(=O)(O)C(C)C.CC1C=CC(CO)C(OP(=O)([O-])OC2C=CC(C)CC2OP(=O)([O-])OC2C=CC(C)CC2OP(C)(=O)[O-])C1. The molecule has 77 heavy (non-hydrogen) atoms. The van der Waals surface area contributed by atoms with Crippen molar-refractivity contribution < 1.29 is 126 Å². The van der Waals surface area contributed by atoms with Crippen molar-refractivity contribution in [1.29, 1.82) is 0 Å². The maximum Gasteiger partial charge on any atom is 0.473 e. The highest BCUT2D eigenvalue weighted by molar-refractivity contribution is 7.53. The molecular weight excluding hydrogens is 1150 g/mol.